The molecule has 0 radical (unpaired) electrons. The molecule has 0 bridgehead atoms. The van der Waals surface area contributed by atoms with Crippen molar-refractivity contribution in [3.05, 3.63) is 231 Å². The molecular weight excluding hydrogens is 741 g/mol. The summed E-state index contributed by atoms with van der Waals surface area (Å²) < 4.78 is 9.09. The van der Waals surface area contributed by atoms with E-state index in [1.807, 2.05) is 0 Å². The molecule has 61 heavy (non-hydrogen) atoms. The van der Waals surface area contributed by atoms with Gasteiger partial charge in [-0.1, -0.05) is 158 Å². The summed E-state index contributed by atoms with van der Waals surface area (Å²) in [6, 6.07) is 82.8. The van der Waals surface area contributed by atoms with Crippen molar-refractivity contribution in [3.63, 3.8) is 0 Å². The van der Waals surface area contributed by atoms with Gasteiger partial charge in [-0.05, 0) is 112 Å². The molecule has 3 nitrogen and oxygen atoms in total. The van der Waals surface area contributed by atoms with Crippen molar-refractivity contribution in [2.75, 3.05) is 4.90 Å². The fourth-order valence-electron chi connectivity index (χ4n) is 9.37. The summed E-state index contributed by atoms with van der Waals surface area (Å²) in [6.07, 6.45) is 0. The van der Waals surface area contributed by atoms with E-state index in [-0.39, 0.29) is 0 Å². The molecule has 0 saturated carbocycles. The Balaban J connectivity index is 1.01. The molecule has 0 spiro atoms. The number of hydrogen-bond acceptors (Lipinski definition) is 2. The zero-order valence-corrected chi connectivity index (χ0v) is 33.2. The minimum absolute atomic E-state index is 0.862. The second-order valence-corrected chi connectivity index (χ2v) is 15.7. The third-order valence-corrected chi connectivity index (χ3v) is 12.2. The molecule has 0 aliphatic rings. The lowest BCUT2D eigenvalue weighted by atomic mass is 9.98. The number of hydrogen-bond donors (Lipinski definition) is 0. The third kappa shape index (κ3) is 5.82. The molecule has 0 fully saturated rings. The highest BCUT2D eigenvalue weighted by atomic mass is 16.3. The number of anilines is 3. The van der Waals surface area contributed by atoms with E-state index in [0.29, 0.717) is 0 Å². The monoisotopic (exact) mass is 778 g/mol. The Morgan fingerprint density at radius 1 is 0.361 bits per heavy atom. The Kier molecular flexibility index (Phi) is 8.17. The standard InChI is InChI=1S/C58H38N2O/c1-3-14-39(15-4-1)43-17-11-18-44(38-43)40-28-33-46(34-29-40)59(54-26-13-27-55-57(54)51-37-32-41-16-7-8-21-49(41)58(51)61-55)47-35-30-42(31-36-47)48-23-12-25-53-56(48)50-22-9-10-24-52(50)60(53)45-19-5-2-6-20-45/h1-38H. The summed E-state index contributed by atoms with van der Waals surface area (Å²) in [5.41, 5.74) is 15.6. The van der Waals surface area contributed by atoms with Crippen LogP contribution in [0.2, 0.25) is 0 Å². The van der Waals surface area contributed by atoms with Gasteiger partial charge in [-0.25, -0.2) is 0 Å². The predicted octanol–water partition coefficient (Wildman–Crippen LogP) is 16.3. The van der Waals surface area contributed by atoms with Gasteiger partial charge in [0.15, 0.2) is 0 Å². The topological polar surface area (TPSA) is 21.3 Å². The highest BCUT2D eigenvalue weighted by Crippen LogP contribution is 2.46. The van der Waals surface area contributed by atoms with Gasteiger partial charge in [-0.2, -0.15) is 0 Å². The Bertz CT molecular complexity index is 3560. The van der Waals surface area contributed by atoms with E-state index in [1.165, 1.54) is 44.1 Å². The van der Waals surface area contributed by atoms with Crippen LogP contribution in [-0.4, -0.2) is 4.57 Å². The molecule has 12 rings (SSSR count). The van der Waals surface area contributed by atoms with Gasteiger partial charge < -0.3 is 13.9 Å². The smallest absolute Gasteiger partial charge is 0.143 e. The van der Waals surface area contributed by atoms with Crippen LogP contribution < -0.4 is 4.90 Å². The van der Waals surface area contributed by atoms with Gasteiger partial charge in [-0.3, -0.25) is 0 Å². The first-order valence-electron chi connectivity index (χ1n) is 20.8. The maximum absolute atomic E-state index is 6.71. The molecule has 3 heteroatoms. The highest BCUT2D eigenvalue weighted by Gasteiger charge is 2.22. The van der Waals surface area contributed by atoms with Crippen LogP contribution in [0.5, 0.6) is 0 Å². The number of benzene rings is 10. The lowest BCUT2D eigenvalue weighted by Crippen LogP contribution is -2.10. The molecular formula is C58H38N2O. The van der Waals surface area contributed by atoms with Crippen molar-refractivity contribution in [1.29, 1.82) is 0 Å². The van der Waals surface area contributed by atoms with Gasteiger partial charge >= 0.3 is 0 Å². The van der Waals surface area contributed by atoms with Crippen LogP contribution in [0.25, 0.3) is 93.6 Å². The second-order valence-electron chi connectivity index (χ2n) is 15.7. The van der Waals surface area contributed by atoms with Gasteiger partial charge in [0.2, 0.25) is 0 Å². The number of furan rings is 1. The summed E-state index contributed by atoms with van der Waals surface area (Å²) in [4.78, 5) is 2.38. The number of rotatable bonds is 7. The third-order valence-electron chi connectivity index (χ3n) is 12.2. The molecule has 0 aliphatic heterocycles. The van der Waals surface area contributed by atoms with Crippen LogP contribution >= 0.6 is 0 Å². The molecule has 0 saturated heterocycles. The van der Waals surface area contributed by atoms with Crippen LogP contribution in [-0.2, 0) is 0 Å². The lowest BCUT2D eigenvalue weighted by molar-refractivity contribution is 0.672. The average Bonchev–Trinajstić information content (AvgIpc) is 3.90. The van der Waals surface area contributed by atoms with Gasteiger partial charge in [0.25, 0.3) is 0 Å². The number of aromatic nitrogens is 1. The van der Waals surface area contributed by atoms with Crippen LogP contribution in [0.15, 0.2) is 235 Å². The summed E-state index contributed by atoms with van der Waals surface area (Å²) in [5, 5.41) is 6.95. The molecule has 0 atom stereocenters. The largest absolute Gasteiger partial charge is 0.455 e. The quantitative estimate of drug-likeness (QED) is 0.161. The molecule has 2 heterocycles. The summed E-state index contributed by atoms with van der Waals surface area (Å²) in [6.45, 7) is 0. The van der Waals surface area contributed by atoms with Crippen LogP contribution in [0, 0.1) is 0 Å². The van der Waals surface area contributed by atoms with E-state index in [9.17, 15) is 0 Å². The van der Waals surface area contributed by atoms with Crippen molar-refractivity contribution >= 4 is 71.6 Å². The van der Waals surface area contributed by atoms with Crippen LogP contribution in [0.1, 0.15) is 0 Å². The first kappa shape index (κ1) is 34.9. The van der Waals surface area contributed by atoms with Gasteiger partial charge in [-0.15, -0.1) is 0 Å². The van der Waals surface area contributed by atoms with Gasteiger partial charge in [0.05, 0.1) is 22.1 Å². The molecule has 286 valence electrons. The highest BCUT2D eigenvalue weighted by molar-refractivity contribution is 6.20. The minimum Gasteiger partial charge on any atom is -0.455 e. The zero-order valence-electron chi connectivity index (χ0n) is 33.2. The van der Waals surface area contributed by atoms with Gasteiger partial charge in [0.1, 0.15) is 11.2 Å². The molecule has 0 N–H and O–H groups in total. The average molecular weight is 779 g/mol. The maximum atomic E-state index is 6.71. The number of fused-ring (bicyclic) bond motifs is 8. The van der Waals surface area contributed by atoms with E-state index in [0.717, 1.165) is 66.6 Å². The fourth-order valence-corrected chi connectivity index (χ4v) is 9.37. The summed E-state index contributed by atoms with van der Waals surface area (Å²) in [5.74, 6) is 0. The Labute approximate surface area is 353 Å². The van der Waals surface area contributed by atoms with E-state index in [1.54, 1.807) is 0 Å². The van der Waals surface area contributed by atoms with Gasteiger partial charge in [0, 0.05) is 38.6 Å². The van der Waals surface area contributed by atoms with Crippen molar-refractivity contribution in [3.8, 4) is 39.1 Å². The Morgan fingerprint density at radius 3 is 1.72 bits per heavy atom. The van der Waals surface area contributed by atoms with Crippen LogP contribution in [0.3, 0.4) is 0 Å². The van der Waals surface area contributed by atoms with Crippen molar-refractivity contribution < 1.29 is 4.42 Å². The maximum Gasteiger partial charge on any atom is 0.143 e. The van der Waals surface area contributed by atoms with Crippen molar-refractivity contribution in [1.82, 2.24) is 4.57 Å². The van der Waals surface area contributed by atoms with E-state index in [4.69, 9.17) is 4.42 Å². The van der Waals surface area contributed by atoms with Crippen LogP contribution in [0.4, 0.5) is 17.1 Å². The first-order chi connectivity index (χ1) is 30.3. The molecule has 12 aromatic rings. The summed E-state index contributed by atoms with van der Waals surface area (Å²) >= 11 is 0. The fraction of sp³-hybridized carbons (Fsp3) is 0. The summed E-state index contributed by atoms with van der Waals surface area (Å²) in [7, 11) is 0. The van der Waals surface area contributed by atoms with Crippen molar-refractivity contribution in [2.24, 2.45) is 0 Å². The molecule has 2 aromatic heterocycles. The van der Waals surface area contributed by atoms with E-state index < -0.39 is 0 Å². The zero-order chi connectivity index (χ0) is 40.3. The predicted molar refractivity (Wildman–Crippen MR) is 257 cm³/mol. The number of nitrogens with zero attached hydrogens (tertiary/aromatic N) is 2. The van der Waals surface area contributed by atoms with E-state index >= 15 is 0 Å². The molecule has 0 unspecified atom stereocenters. The minimum atomic E-state index is 0.862. The number of para-hydroxylation sites is 2. The molecule has 0 aliphatic carbocycles. The first-order valence-corrected chi connectivity index (χ1v) is 20.8. The SMILES string of the molecule is c1ccc(-c2cccc(-c3ccc(N(c4ccc(-c5cccc6c5c5ccccc5n6-c5ccccc5)cc4)c4cccc5oc6c7ccccc7ccc6c45)cc3)c2)cc1. The second kappa shape index (κ2) is 14.3. The van der Waals surface area contributed by atoms with Crippen molar-refractivity contribution in [2.45, 2.75) is 0 Å². The Morgan fingerprint density at radius 2 is 0.951 bits per heavy atom. The lowest BCUT2D eigenvalue weighted by Gasteiger charge is -2.26. The van der Waals surface area contributed by atoms with E-state index in [2.05, 4.69) is 240 Å². The molecule has 0 amide bonds. The normalized spacial score (nSPS) is 11.6. The Hall–Kier alpha value is -8.14. The molecule has 10 aromatic carbocycles.